The van der Waals surface area contributed by atoms with Crippen molar-refractivity contribution < 1.29 is 0 Å². The predicted molar refractivity (Wildman–Crippen MR) is 76.4 cm³/mol. The standard InChI is InChI=1S/C14H19N5/c1-4-5-7-11(2)15-13-8-6-9-14(10-13)19-12(3)16-17-18-19/h4,6,8-11,15H,1,5,7H2,2-3H3. The first-order valence-electron chi connectivity index (χ1n) is 6.43. The Morgan fingerprint density at radius 1 is 1.47 bits per heavy atom. The minimum Gasteiger partial charge on any atom is -0.383 e. The Labute approximate surface area is 113 Å². The average molecular weight is 257 g/mol. The highest BCUT2D eigenvalue weighted by Gasteiger charge is 2.05. The number of rotatable bonds is 6. The largest absolute Gasteiger partial charge is 0.383 e. The molecule has 0 aliphatic heterocycles. The molecule has 2 aromatic rings. The molecule has 1 atom stereocenters. The number of aryl methyl sites for hydroxylation is 1. The molecule has 0 radical (unpaired) electrons. The lowest BCUT2D eigenvalue weighted by Crippen LogP contribution is -2.14. The van der Waals surface area contributed by atoms with Crippen LogP contribution >= 0.6 is 0 Å². The van der Waals surface area contributed by atoms with E-state index in [0.29, 0.717) is 6.04 Å². The maximum Gasteiger partial charge on any atom is 0.153 e. The first-order chi connectivity index (χ1) is 9.20. The van der Waals surface area contributed by atoms with Crippen molar-refractivity contribution in [1.29, 1.82) is 0 Å². The fourth-order valence-corrected chi connectivity index (χ4v) is 1.92. The van der Waals surface area contributed by atoms with Crippen molar-refractivity contribution in [2.24, 2.45) is 0 Å². The molecule has 1 aromatic heterocycles. The van der Waals surface area contributed by atoms with Crippen molar-refractivity contribution in [2.45, 2.75) is 32.7 Å². The normalized spacial score (nSPS) is 12.1. The van der Waals surface area contributed by atoms with Crippen LogP contribution in [0.25, 0.3) is 5.69 Å². The first kappa shape index (κ1) is 13.3. The van der Waals surface area contributed by atoms with Gasteiger partial charge in [-0.2, -0.15) is 4.68 Å². The number of nitrogens with zero attached hydrogens (tertiary/aromatic N) is 4. The van der Waals surface area contributed by atoms with Gasteiger partial charge in [-0.25, -0.2) is 0 Å². The topological polar surface area (TPSA) is 55.6 Å². The van der Waals surface area contributed by atoms with Crippen LogP contribution in [0.4, 0.5) is 5.69 Å². The summed E-state index contributed by atoms with van der Waals surface area (Å²) in [5.41, 5.74) is 2.03. The molecule has 1 aromatic carbocycles. The SMILES string of the molecule is C=CCCC(C)Nc1cccc(-n2nnnc2C)c1. The van der Waals surface area contributed by atoms with Crippen molar-refractivity contribution in [3.05, 3.63) is 42.7 Å². The molecule has 0 amide bonds. The van der Waals surface area contributed by atoms with Crippen LogP contribution in [0.15, 0.2) is 36.9 Å². The zero-order valence-corrected chi connectivity index (χ0v) is 11.4. The third kappa shape index (κ3) is 3.40. The number of anilines is 1. The molecule has 1 heterocycles. The van der Waals surface area contributed by atoms with Crippen molar-refractivity contribution in [3.63, 3.8) is 0 Å². The first-order valence-corrected chi connectivity index (χ1v) is 6.43. The Balaban J connectivity index is 2.11. The van der Waals surface area contributed by atoms with Crippen LogP contribution in [-0.4, -0.2) is 26.2 Å². The van der Waals surface area contributed by atoms with Crippen LogP contribution in [-0.2, 0) is 0 Å². The Bertz CT molecular complexity index is 546. The fraction of sp³-hybridized carbons (Fsp3) is 0.357. The second-order valence-electron chi connectivity index (χ2n) is 4.60. The number of nitrogens with one attached hydrogen (secondary N) is 1. The van der Waals surface area contributed by atoms with Gasteiger partial charge in [-0.15, -0.1) is 11.7 Å². The molecule has 1 unspecified atom stereocenters. The summed E-state index contributed by atoms with van der Waals surface area (Å²) in [4.78, 5) is 0. The number of aromatic nitrogens is 4. The van der Waals surface area contributed by atoms with E-state index in [1.54, 1.807) is 4.68 Å². The second-order valence-corrected chi connectivity index (χ2v) is 4.60. The van der Waals surface area contributed by atoms with E-state index >= 15 is 0 Å². The molecule has 0 aliphatic rings. The minimum absolute atomic E-state index is 0.406. The smallest absolute Gasteiger partial charge is 0.153 e. The van der Waals surface area contributed by atoms with Gasteiger partial charge in [0, 0.05) is 11.7 Å². The van der Waals surface area contributed by atoms with Crippen LogP contribution in [0.1, 0.15) is 25.6 Å². The molecule has 2 rings (SSSR count). The van der Waals surface area contributed by atoms with Crippen molar-refractivity contribution in [2.75, 3.05) is 5.32 Å². The number of hydrogen-bond donors (Lipinski definition) is 1. The molecule has 0 spiro atoms. The van der Waals surface area contributed by atoms with Crippen LogP contribution in [0.2, 0.25) is 0 Å². The van der Waals surface area contributed by atoms with Gasteiger partial charge < -0.3 is 5.32 Å². The van der Waals surface area contributed by atoms with E-state index in [4.69, 9.17) is 0 Å². The average Bonchev–Trinajstić information content (AvgIpc) is 2.83. The van der Waals surface area contributed by atoms with E-state index in [0.717, 1.165) is 30.0 Å². The molecular weight excluding hydrogens is 238 g/mol. The molecule has 0 bridgehead atoms. The molecule has 0 aliphatic carbocycles. The highest BCUT2D eigenvalue weighted by molar-refractivity contribution is 5.51. The van der Waals surface area contributed by atoms with E-state index in [-0.39, 0.29) is 0 Å². The van der Waals surface area contributed by atoms with Gasteiger partial charge in [0.25, 0.3) is 0 Å². The van der Waals surface area contributed by atoms with Gasteiger partial charge in [0.1, 0.15) is 0 Å². The predicted octanol–water partition coefficient (Wildman–Crippen LogP) is 2.74. The molecule has 0 fully saturated rings. The summed E-state index contributed by atoms with van der Waals surface area (Å²) in [5, 5.41) is 15.0. The van der Waals surface area contributed by atoms with Crippen molar-refractivity contribution in [1.82, 2.24) is 20.2 Å². The van der Waals surface area contributed by atoms with E-state index in [2.05, 4.69) is 34.3 Å². The van der Waals surface area contributed by atoms with Crippen LogP contribution in [0, 0.1) is 6.92 Å². The highest BCUT2D eigenvalue weighted by Crippen LogP contribution is 2.16. The van der Waals surface area contributed by atoms with Gasteiger partial charge in [-0.1, -0.05) is 12.1 Å². The highest BCUT2D eigenvalue weighted by atomic mass is 15.5. The summed E-state index contributed by atoms with van der Waals surface area (Å²) in [5.74, 6) is 0.775. The lowest BCUT2D eigenvalue weighted by atomic mass is 10.1. The van der Waals surface area contributed by atoms with Crippen molar-refractivity contribution in [3.8, 4) is 5.69 Å². The second kappa shape index (κ2) is 6.13. The van der Waals surface area contributed by atoms with Gasteiger partial charge in [0.2, 0.25) is 0 Å². The molecule has 1 N–H and O–H groups in total. The van der Waals surface area contributed by atoms with Gasteiger partial charge >= 0.3 is 0 Å². The summed E-state index contributed by atoms with van der Waals surface area (Å²) < 4.78 is 1.72. The molecular formula is C14H19N5. The van der Waals surface area contributed by atoms with Gasteiger partial charge in [0.05, 0.1) is 5.69 Å². The number of tetrazole rings is 1. The third-order valence-electron chi connectivity index (χ3n) is 2.93. The minimum atomic E-state index is 0.406. The van der Waals surface area contributed by atoms with E-state index < -0.39 is 0 Å². The Morgan fingerprint density at radius 2 is 2.32 bits per heavy atom. The zero-order chi connectivity index (χ0) is 13.7. The maximum absolute atomic E-state index is 3.97. The van der Waals surface area contributed by atoms with E-state index in [9.17, 15) is 0 Å². The van der Waals surface area contributed by atoms with Gasteiger partial charge in [-0.05, 0) is 55.3 Å². The molecule has 19 heavy (non-hydrogen) atoms. The van der Waals surface area contributed by atoms with Crippen LogP contribution in [0.5, 0.6) is 0 Å². The maximum atomic E-state index is 3.97. The Kier molecular flexibility index (Phi) is 4.28. The summed E-state index contributed by atoms with van der Waals surface area (Å²) in [6.45, 7) is 7.79. The lowest BCUT2D eigenvalue weighted by molar-refractivity contribution is 0.718. The fourth-order valence-electron chi connectivity index (χ4n) is 1.92. The number of benzene rings is 1. The van der Waals surface area contributed by atoms with Crippen LogP contribution in [0.3, 0.4) is 0 Å². The third-order valence-corrected chi connectivity index (χ3v) is 2.93. The summed E-state index contributed by atoms with van der Waals surface area (Å²) >= 11 is 0. The van der Waals surface area contributed by atoms with Gasteiger partial charge in [0.15, 0.2) is 5.82 Å². The van der Waals surface area contributed by atoms with Crippen LogP contribution < -0.4 is 5.32 Å². The lowest BCUT2D eigenvalue weighted by Gasteiger charge is -2.15. The van der Waals surface area contributed by atoms with Gasteiger partial charge in [-0.3, -0.25) is 0 Å². The summed E-state index contributed by atoms with van der Waals surface area (Å²) in [7, 11) is 0. The quantitative estimate of drug-likeness (QED) is 0.808. The molecule has 5 nitrogen and oxygen atoms in total. The number of hydrogen-bond acceptors (Lipinski definition) is 4. The number of allylic oxidation sites excluding steroid dienone is 1. The summed E-state index contributed by atoms with van der Waals surface area (Å²) in [6.07, 6.45) is 4.02. The molecule has 5 heteroatoms. The van der Waals surface area contributed by atoms with E-state index in [1.807, 2.05) is 37.3 Å². The Morgan fingerprint density at radius 3 is 3.00 bits per heavy atom. The Hall–Kier alpha value is -2.17. The zero-order valence-electron chi connectivity index (χ0n) is 11.4. The molecule has 100 valence electrons. The van der Waals surface area contributed by atoms with E-state index in [1.165, 1.54) is 0 Å². The van der Waals surface area contributed by atoms with Crippen molar-refractivity contribution >= 4 is 5.69 Å². The molecule has 0 saturated carbocycles. The molecule has 0 saturated heterocycles. The monoisotopic (exact) mass is 257 g/mol. The summed E-state index contributed by atoms with van der Waals surface area (Å²) in [6, 6.07) is 8.49.